The number of nitrogens with two attached hydrogens (primary N) is 1. The molecule has 0 aliphatic heterocycles. The minimum atomic E-state index is 0.534. The van der Waals surface area contributed by atoms with E-state index in [1.807, 2.05) is 11.3 Å². The molecule has 1 aliphatic rings. The molecule has 0 saturated heterocycles. The number of hydrogen-bond donors (Lipinski definition) is 1. The number of hydrogen-bond acceptors (Lipinski definition) is 2. The topological polar surface area (TPSA) is 26.0 Å². The maximum Gasteiger partial charge on any atom is 0.00453 e. The van der Waals surface area contributed by atoms with Crippen LogP contribution < -0.4 is 5.73 Å². The van der Waals surface area contributed by atoms with Crippen molar-refractivity contribution < 1.29 is 0 Å². The zero-order valence-electron chi connectivity index (χ0n) is 11.1. The fraction of sp³-hybridized carbons (Fsp3) is 0.733. The first kappa shape index (κ1) is 13.1. The first-order valence-electron chi connectivity index (χ1n) is 6.83. The summed E-state index contributed by atoms with van der Waals surface area (Å²) in [5, 5.41) is 2.18. The molecule has 2 unspecified atom stereocenters. The van der Waals surface area contributed by atoms with Crippen LogP contribution in [0.15, 0.2) is 17.5 Å². The summed E-state index contributed by atoms with van der Waals surface area (Å²) in [6.07, 6.45) is 6.62. The Labute approximate surface area is 109 Å². The molecule has 0 spiro atoms. The zero-order chi connectivity index (χ0) is 12.3. The molecule has 1 nitrogen and oxygen atoms in total. The summed E-state index contributed by atoms with van der Waals surface area (Å²) in [4.78, 5) is 1.53. The van der Waals surface area contributed by atoms with E-state index >= 15 is 0 Å². The van der Waals surface area contributed by atoms with Crippen molar-refractivity contribution in [2.75, 3.05) is 6.54 Å². The van der Waals surface area contributed by atoms with Crippen molar-refractivity contribution in [3.63, 3.8) is 0 Å². The van der Waals surface area contributed by atoms with Crippen LogP contribution in [0.2, 0.25) is 0 Å². The average molecular weight is 251 g/mol. The summed E-state index contributed by atoms with van der Waals surface area (Å²) in [7, 11) is 0. The Bertz CT molecular complexity index is 329. The Morgan fingerprint density at radius 2 is 2.24 bits per heavy atom. The normalized spacial score (nSPS) is 28.2. The average Bonchev–Trinajstić information content (AvgIpc) is 2.78. The van der Waals surface area contributed by atoms with Crippen molar-refractivity contribution in [2.45, 2.75) is 46.0 Å². The standard InChI is InChI=1S/C15H25NS/c1-15(2)8-7-13(11-16)12(10-15)5-6-14-4-3-9-17-14/h3-4,9,12-13H,5-8,10-11,16H2,1-2H3. The van der Waals surface area contributed by atoms with E-state index in [4.69, 9.17) is 5.73 Å². The Hall–Kier alpha value is -0.340. The van der Waals surface area contributed by atoms with Gasteiger partial charge in [-0.05, 0) is 67.3 Å². The van der Waals surface area contributed by atoms with Gasteiger partial charge in [-0.15, -0.1) is 11.3 Å². The van der Waals surface area contributed by atoms with Gasteiger partial charge in [-0.1, -0.05) is 19.9 Å². The lowest BCUT2D eigenvalue weighted by molar-refractivity contribution is 0.115. The minimum absolute atomic E-state index is 0.534. The molecule has 1 fully saturated rings. The Morgan fingerprint density at radius 1 is 1.41 bits per heavy atom. The summed E-state index contributed by atoms with van der Waals surface area (Å²) < 4.78 is 0. The van der Waals surface area contributed by atoms with Gasteiger partial charge in [0.05, 0.1) is 0 Å². The predicted molar refractivity (Wildman–Crippen MR) is 76.3 cm³/mol. The van der Waals surface area contributed by atoms with Gasteiger partial charge in [0.1, 0.15) is 0 Å². The monoisotopic (exact) mass is 251 g/mol. The second kappa shape index (κ2) is 5.53. The highest BCUT2D eigenvalue weighted by Gasteiger charge is 2.33. The van der Waals surface area contributed by atoms with E-state index in [-0.39, 0.29) is 0 Å². The highest BCUT2D eigenvalue weighted by Crippen LogP contribution is 2.43. The largest absolute Gasteiger partial charge is 0.330 e. The SMILES string of the molecule is CC1(C)CCC(CN)C(CCc2cccs2)C1. The molecule has 0 amide bonds. The minimum Gasteiger partial charge on any atom is -0.330 e. The maximum absolute atomic E-state index is 5.93. The van der Waals surface area contributed by atoms with Crippen LogP contribution in [0, 0.1) is 17.3 Å². The molecule has 2 N–H and O–H groups in total. The highest BCUT2D eigenvalue weighted by atomic mass is 32.1. The van der Waals surface area contributed by atoms with Gasteiger partial charge in [-0.2, -0.15) is 0 Å². The Kier molecular flexibility index (Phi) is 4.26. The third-order valence-electron chi connectivity index (χ3n) is 4.32. The number of rotatable bonds is 4. The first-order valence-corrected chi connectivity index (χ1v) is 7.71. The third-order valence-corrected chi connectivity index (χ3v) is 5.25. The molecule has 1 aliphatic carbocycles. The summed E-state index contributed by atoms with van der Waals surface area (Å²) in [5.74, 6) is 1.61. The second-order valence-electron chi connectivity index (χ2n) is 6.28. The van der Waals surface area contributed by atoms with Crippen LogP contribution in [0.25, 0.3) is 0 Å². The number of aryl methyl sites for hydroxylation is 1. The van der Waals surface area contributed by atoms with E-state index < -0.39 is 0 Å². The summed E-state index contributed by atoms with van der Waals surface area (Å²) in [5.41, 5.74) is 6.47. The van der Waals surface area contributed by atoms with Crippen LogP contribution in [0.5, 0.6) is 0 Å². The quantitative estimate of drug-likeness (QED) is 0.857. The van der Waals surface area contributed by atoms with Crippen molar-refractivity contribution in [3.8, 4) is 0 Å². The molecule has 0 bridgehead atoms. The van der Waals surface area contributed by atoms with Gasteiger partial charge < -0.3 is 5.73 Å². The highest BCUT2D eigenvalue weighted by molar-refractivity contribution is 7.09. The van der Waals surface area contributed by atoms with Crippen LogP contribution in [-0.2, 0) is 6.42 Å². The van der Waals surface area contributed by atoms with Gasteiger partial charge in [0, 0.05) is 4.88 Å². The van der Waals surface area contributed by atoms with Gasteiger partial charge in [0.25, 0.3) is 0 Å². The molecule has 17 heavy (non-hydrogen) atoms. The van der Waals surface area contributed by atoms with Gasteiger partial charge in [-0.25, -0.2) is 0 Å². The van der Waals surface area contributed by atoms with Gasteiger partial charge >= 0.3 is 0 Å². The molecule has 2 rings (SSSR count). The molecule has 0 radical (unpaired) electrons. The molecule has 2 atom stereocenters. The summed E-state index contributed by atoms with van der Waals surface area (Å²) in [6.45, 7) is 5.71. The first-order chi connectivity index (χ1) is 8.11. The molecule has 2 heteroatoms. The summed E-state index contributed by atoms with van der Waals surface area (Å²) in [6, 6.07) is 4.42. The van der Waals surface area contributed by atoms with Crippen LogP contribution in [0.3, 0.4) is 0 Å². The molecular weight excluding hydrogens is 226 g/mol. The zero-order valence-corrected chi connectivity index (χ0v) is 11.9. The van der Waals surface area contributed by atoms with Crippen molar-refractivity contribution in [1.82, 2.24) is 0 Å². The Balaban J connectivity index is 1.91. The number of thiophene rings is 1. The second-order valence-corrected chi connectivity index (χ2v) is 7.31. The molecule has 1 aromatic heterocycles. The third kappa shape index (κ3) is 3.56. The molecule has 0 aromatic carbocycles. The van der Waals surface area contributed by atoms with Crippen molar-refractivity contribution in [1.29, 1.82) is 0 Å². The maximum atomic E-state index is 5.93. The fourth-order valence-corrected chi connectivity index (χ4v) is 3.95. The predicted octanol–water partition coefficient (Wildman–Crippen LogP) is 4.08. The lowest BCUT2D eigenvalue weighted by Gasteiger charge is -2.40. The van der Waals surface area contributed by atoms with Crippen LogP contribution in [0.1, 0.15) is 44.4 Å². The smallest absolute Gasteiger partial charge is 0.00453 e. The van der Waals surface area contributed by atoms with E-state index in [1.54, 1.807) is 0 Å². The van der Waals surface area contributed by atoms with Crippen molar-refractivity contribution in [3.05, 3.63) is 22.4 Å². The van der Waals surface area contributed by atoms with Gasteiger partial charge in [0.2, 0.25) is 0 Å². The molecular formula is C15H25NS. The van der Waals surface area contributed by atoms with E-state index in [0.717, 1.165) is 18.4 Å². The Morgan fingerprint density at radius 3 is 2.88 bits per heavy atom. The van der Waals surface area contributed by atoms with Crippen LogP contribution in [-0.4, -0.2) is 6.54 Å². The van der Waals surface area contributed by atoms with E-state index in [1.165, 1.54) is 37.0 Å². The van der Waals surface area contributed by atoms with Crippen LogP contribution >= 0.6 is 11.3 Å². The van der Waals surface area contributed by atoms with E-state index in [2.05, 4.69) is 31.4 Å². The van der Waals surface area contributed by atoms with Crippen LogP contribution in [0.4, 0.5) is 0 Å². The fourth-order valence-electron chi connectivity index (χ4n) is 3.22. The molecule has 1 aromatic rings. The van der Waals surface area contributed by atoms with Gasteiger partial charge in [0.15, 0.2) is 0 Å². The molecule has 1 saturated carbocycles. The lowest BCUT2D eigenvalue weighted by atomic mass is 9.66. The van der Waals surface area contributed by atoms with Crippen molar-refractivity contribution in [2.24, 2.45) is 23.0 Å². The lowest BCUT2D eigenvalue weighted by Crippen LogP contribution is -2.34. The molecule has 1 heterocycles. The summed E-state index contributed by atoms with van der Waals surface area (Å²) >= 11 is 1.89. The van der Waals surface area contributed by atoms with Gasteiger partial charge in [-0.3, -0.25) is 0 Å². The van der Waals surface area contributed by atoms with Crippen molar-refractivity contribution >= 4 is 11.3 Å². The molecule has 96 valence electrons. The van der Waals surface area contributed by atoms with E-state index in [9.17, 15) is 0 Å². The van der Waals surface area contributed by atoms with E-state index in [0.29, 0.717) is 5.41 Å².